The smallest absolute Gasteiger partial charge is 0.410 e. The van der Waals surface area contributed by atoms with Crippen LogP contribution in [0.3, 0.4) is 0 Å². The molecule has 2 rings (SSSR count). The number of benzene rings is 1. The summed E-state index contributed by atoms with van der Waals surface area (Å²) in [7, 11) is 0. The molecule has 1 aliphatic rings. The van der Waals surface area contributed by atoms with Gasteiger partial charge < -0.3 is 20.3 Å². The SMILES string of the molecule is Cc1ccccc1/C=C/NC(=O)NC1CCN(C(=O)OC(C)(C)C)CC1. The monoisotopic (exact) mass is 359 g/mol. The molecule has 1 saturated heterocycles. The second kappa shape index (κ2) is 8.74. The van der Waals surface area contributed by atoms with Crippen LogP contribution in [0.25, 0.3) is 6.08 Å². The highest BCUT2D eigenvalue weighted by molar-refractivity contribution is 5.76. The zero-order chi connectivity index (χ0) is 19.2. The molecule has 1 aromatic rings. The van der Waals surface area contributed by atoms with Crippen LogP contribution in [0, 0.1) is 6.92 Å². The average molecular weight is 359 g/mol. The van der Waals surface area contributed by atoms with Gasteiger partial charge in [0.15, 0.2) is 0 Å². The number of amides is 3. The second-order valence-corrected chi connectivity index (χ2v) is 7.55. The van der Waals surface area contributed by atoms with Crippen LogP contribution in [0.2, 0.25) is 0 Å². The van der Waals surface area contributed by atoms with Gasteiger partial charge in [0.25, 0.3) is 0 Å². The van der Waals surface area contributed by atoms with Crippen molar-refractivity contribution >= 4 is 18.2 Å². The van der Waals surface area contributed by atoms with Gasteiger partial charge in [0.1, 0.15) is 5.60 Å². The highest BCUT2D eigenvalue weighted by Crippen LogP contribution is 2.15. The summed E-state index contributed by atoms with van der Waals surface area (Å²) in [4.78, 5) is 25.7. The molecule has 0 spiro atoms. The fraction of sp³-hybridized carbons (Fsp3) is 0.500. The van der Waals surface area contributed by atoms with Gasteiger partial charge >= 0.3 is 12.1 Å². The summed E-state index contributed by atoms with van der Waals surface area (Å²) in [5, 5.41) is 5.68. The molecular formula is C20H29N3O3. The minimum absolute atomic E-state index is 0.0561. The van der Waals surface area contributed by atoms with Crippen LogP contribution >= 0.6 is 0 Å². The third kappa shape index (κ3) is 6.43. The zero-order valence-electron chi connectivity index (χ0n) is 16.0. The number of rotatable bonds is 3. The Balaban J connectivity index is 1.73. The normalized spacial score (nSPS) is 15.8. The molecule has 1 aliphatic heterocycles. The molecule has 142 valence electrons. The number of nitrogens with one attached hydrogen (secondary N) is 2. The number of urea groups is 1. The largest absolute Gasteiger partial charge is 0.444 e. The number of ether oxygens (including phenoxy) is 1. The Hall–Kier alpha value is -2.50. The lowest BCUT2D eigenvalue weighted by atomic mass is 10.1. The summed E-state index contributed by atoms with van der Waals surface area (Å²) in [6, 6.07) is 7.79. The molecule has 0 aliphatic carbocycles. The van der Waals surface area contributed by atoms with E-state index >= 15 is 0 Å². The average Bonchev–Trinajstić information content (AvgIpc) is 2.55. The van der Waals surface area contributed by atoms with Gasteiger partial charge in [0.05, 0.1) is 0 Å². The number of nitrogens with zero attached hydrogens (tertiary/aromatic N) is 1. The van der Waals surface area contributed by atoms with Gasteiger partial charge in [0.2, 0.25) is 0 Å². The number of likely N-dealkylation sites (tertiary alicyclic amines) is 1. The van der Waals surface area contributed by atoms with Crippen LogP contribution in [-0.4, -0.2) is 41.8 Å². The van der Waals surface area contributed by atoms with Crippen molar-refractivity contribution in [2.75, 3.05) is 13.1 Å². The fourth-order valence-electron chi connectivity index (χ4n) is 2.74. The molecule has 3 amide bonds. The van der Waals surface area contributed by atoms with Crippen LogP contribution in [-0.2, 0) is 4.74 Å². The standard InChI is InChI=1S/C20H29N3O3/c1-15-7-5-6-8-16(15)9-12-21-18(24)22-17-10-13-23(14-11-17)19(25)26-20(2,3)4/h5-9,12,17H,10-11,13-14H2,1-4H3,(H2,21,22,24)/b12-9+. The first-order valence-electron chi connectivity index (χ1n) is 9.02. The predicted molar refractivity (Wildman–Crippen MR) is 103 cm³/mol. The molecule has 0 radical (unpaired) electrons. The lowest BCUT2D eigenvalue weighted by Gasteiger charge is -2.33. The van der Waals surface area contributed by atoms with Crippen LogP contribution in [0.15, 0.2) is 30.5 Å². The van der Waals surface area contributed by atoms with Gasteiger partial charge in [-0.25, -0.2) is 9.59 Å². The minimum atomic E-state index is -0.491. The maximum Gasteiger partial charge on any atom is 0.410 e. The van der Waals surface area contributed by atoms with Crippen molar-refractivity contribution in [3.63, 3.8) is 0 Å². The first-order chi connectivity index (χ1) is 12.2. The lowest BCUT2D eigenvalue weighted by Crippen LogP contribution is -2.49. The molecule has 0 bridgehead atoms. The molecular weight excluding hydrogens is 330 g/mol. The van der Waals surface area contributed by atoms with Crippen LogP contribution < -0.4 is 10.6 Å². The first-order valence-corrected chi connectivity index (χ1v) is 9.02. The maximum atomic E-state index is 12.0. The summed E-state index contributed by atoms with van der Waals surface area (Å²) in [5.74, 6) is 0. The van der Waals surface area contributed by atoms with E-state index in [1.165, 1.54) is 0 Å². The van der Waals surface area contributed by atoms with Crippen LogP contribution in [0.1, 0.15) is 44.7 Å². The summed E-state index contributed by atoms with van der Waals surface area (Å²) < 4.78 is 5.38. The van der Waals surface area contributed by atoms with Crippen molar-refractivity contribution in [3.8, 4) is 0 Å². The van der Waals surface area contributed by atoms with Crippen molar-refractivity contribution in [2.24, 2.45) is 0 Å². The molecule has 6 heteroatoms. The van der Waals surface area contributed by atoms with Crippen molar-refractivity contribution in [3.05, 3.63) is 41.6 Å². The highest BCUT2D eigenvalue weighted by Gasteiger charge is 2.27. The highest BCUT2D eigenvalue weighted by atomic mass is 16.6. The molecule has 0 aromatic heterocycles. The van der Waals surface area contributed by atoms with Crippen molar-refractivity contribution in [1.29, 1.82) is 0 Å². The van der Waals surface area contributed by atoms with E-state index in [1.54, 1.807) is 11.1 Å². The first kappa shape index (κ1) is 19.8. The fourth-order valence-corrected chi connectivity index (χ4v) is 2.74. The topological polar surface area (TPSA) is 70.7 Å². The van der Waals surface area contributed by atoms with E-state index in [4.69, 9.17) is 4.74 Å². The molecule has 1 heterocycles. The number of hydrogen-bond donors (Lipinski definition) is 2. The van der Waals surface area contributed by atoms with E-state index in [0.717, 1.165) is 11.1 Å². The van der Waals surface area contributed by atoms with Crippen LogP contribution in [0.5, 0.6) is 0 Å². The summed E-state index contributed by atoms with van der Waals surface area (Å²) in [6.07, 6.45) is 4.66. The number of aryl methyl sites for hydroxylation is 1. The number of carbonyl (C=O) groups is 2. The molecule has 0 atom stereocenters. The van der Waals surface area contributed by atoms with E-state index in [1.807, 2.05) is 58.0 Å². The molecule has 6 nitrogen and oxygen atoms in total. The van der Waals surface area contributed by atoms with E-state index in [2.05, 4.69) is 10.6 Å². The Morgan fingerprint density at radius 3 is 2.46 bits per heavy atom. The summed E-state index contributed by atoms with van der Waals surface area (Å²) in [5.41, 5.74) is 1.73. The third-order valence-electron chi connectivity index (χ3n) is 4.15. The van der Waals surface area contributed by atoms with Gasteiger partial charge in [0, 0.05) is 25.3 Å². The Labute approximate surface area is 155 Å². The van der Waals surface area contributed by atoms with Crippen LogP contribution in [0.4, 0.5) is 9.59 Å². The molecule has 0 unspecified atom stereocenters. The van der Waals surface area contributed by atoms with Gasteiger partial charge in [-0.1, -0.05) is 24.3 Å². The van der Waals surface area contributed by atoms with Crippen molar-refractivity contribution in [2.45, 2.75) is 52.2 Å². The van der Waals surface area contributed by atoms with E-state index in [-0.39, 0.29) is 18.2 Å². The number of piperidine rings is 1. The summed E-state index contributed by atoms with van der Waals surface area (Å²) in [6.45, 7) is 8.76. The van der Waals surface area contributed by atoms with E-state index in [9.17, 15) is 9.59 Å². The maximum absolute atomic E-state index is 12.0. The molecule has 2 N–H and O–H groups in total. The van der Waals surface area contributed by atoms with Gasteiger partial charge in [-0.05, 0) is 57.7 Å². The zero-order valence-corrected chi connectivity index (χ0v) is 16.0. The molecule has 26 heavy (non-hydrogen) atoms. The quantitative estimate of drug-likeness (QED) is 0.865. The molecule has 1 aromatic carbocycles. The minimum Gasteiger partial charge on any atom is -0.444 e. The predicted octanol–water partition coefficient (Wildman–Crippen LogP) is 3.66. The second-order valence-electron chi connectivity index (χ2n) is 7.55. The molecule has 0 saturated carbocycles. The van der Waals surface area contributed by atoms with Gasteiger partial charge in [-0.2, -0.15) is 0 Å². The number of carbonyl (C=O) groups excluding carboxylic acids is 2. The van der Waals surface area contributed by atoms with Gasteiger partial charge in [-0.3, -0.25) is 0 Å². The Bertz CT molecular complexity index is 657. The van der Waals surface area contributed by atoms with Gasteiger partial charge in [-0.15, -0.1) is 0 Å². The molecule has 1 fully saturated rings. The van der Waals surface area contributed by atoms with E-state index in [0.29, 0.717) is 25.9 Å². The Kier molecular flexibility index (Phi) is 6.66. The number of hydrogen-bond acceptors (Lipinski definition) is 3. The summed E-state index contributed by atoms with van der Waals surface area (Å²) >= 11 is 0. The third-order valence-corrected chi connectivity index (χ3v) is 4.15. The van der Waals surface area contributed by atoms with Crippen molar-refractivity contribution < 1.29 is 14.3 Å². The van der Waals surface area contributed by atoms with Crippen molar-refractivity contribution in [1.82, 2.24) is 15.5 Å². The Morgan fingerprint density at radius 1 is 1.19 bits per heavy atom. The lowest BCUT2D eigenvalue weighted by molar-refractivity contribution is 0.0201. The Morgan fingerprint density at radius 2 is 1.85 bits per heavy atom. The van der Waals surface area contributed by atoms with E-state index < -0.39 is 5.60 Å².